The molecule has 2 rings (SSSR count). The molecule has 2 nitrogen and oxygen atoms in total. The summed E-state index contributed by atoms with van der Waals surface area (Å²) < 4.78 is 38.8. The van der Waals surface area contributed by atoms with Crippen LogP contribution in [0.3, 0.4) is 0 Å². The van der Waals surface area contributed by atoms with Crippen LogP contribution in [-0.4, -0.2) is 11.1 Å². The zero-order valence-electron chi connectivity index (χ0n) is 9.78. The number of thiophene rings is 1. The number of halogens is 3. The number of hydrogen-bond acceptors (Lipinski definition) is 2. The van der Waals surface area contributed by atoms with Crippen molar-refractivity contribution in [3.8, 4) is 10.4 Å². The van der Waals surface area contributed by atoms with Gasteiger partial charge in [-0.3, -0.25) is 0 Å². The standard InChI is InChI=1S/C13H9F3O2S/c1-7-6-10(12(17)18)19-11(7)8-4-2-3-5-9(8)13(14,15)16/h2-6H,1H3,(H,17,18). The summed E-state index contributed by atoms with van der Waals surface area (Å²) in [6, 6.07) is 6.55. The minimum atomic E-state index is -4.46. The molecule has 0 radical (unpaired) electrons. The number of alkyl halides is 3. The summed E-state index contributed by atoms with van der Waals surface area (Å²) in [5.74, 6) is -1.14. The molecule has 1 N–H and O–H groups in total. The highest BCUT2D eigenvalue weighted by Gasteiger charge is 2.34. The lowest BCUT2D eigenvalue weighted by molar-refractivity contribution is -0.137. The van der Waals surface area contributed by atoms with Crippen LogP contribution in [0.4, 0.5) is 13.2 Å². The van der Waals surface area contributed by atoms with Crippen LogP contribution in [0.25, 0.3) is 10.4 Å². The second-order valence-corrected chi connectivity index (χ2v) is 5.02. The van der Waals surface area contributed by atoms with E-state index in [2.05, 4.69) is 0 Å². The Morgan fingerprint density at radius 3 is 2.42 bits per heavy atom. The van der Waals surface area contributed by atoms with E-state index in [1.165, 1.54) is 24.3 Å². The van der Waals surface area contributed by atoms with Crippen molar-refractivity contribution in [2.75, 3.05) is 0 Å². The zero-order chi connectivity index (χ0) is 14.2. The molecule has 0 bridgehead atoms. The van der Waals surface area contributed by atoms with Gasteiger partial charge in [0.25, 0.3) is 0 Å². The van der Waals surface area contributed by atoms with Crippen LogP contribution in [0, 0.1) is 6.92 Å². The molecule has 1 aromatic carbocycles. The SMILES string of the molecule is Cc1cc(C(=O)O)sc1-c1ccccc1C(F)(F)F. The minimum absolute atomic E-state index is 0.0185. The number of benzene rings is 1. The Bertz CT molecular complexity index is 629. The maximum atomic E-state index is 12.9. The first-order valence-electron chi connectivity index (χ1n) is 5.31. The van der Waals surface area contributed by atoms with Crippen molar-refractivity contribution in [2.24, 2.45) is 0 Å². The average Bonchev–Trinajstić information content (AvgIpc) is 2.70. The van der Waals surface area contributed by atoms with Crippen molar-refractivity contribution in [1.82, 2.24) is 0 Å². The first kappa shape index (κ1) is 13.6. The topological polar surface area (TPSA) is 37.3 Å². The van der Waals surface area contributed by atoms with E-state index in [1.54, 1.807) is 6.92 Å². The summed E-state index contributed by atoms with van der Waals surface area (Å²) in [6.45, 7) is 1.60. The predicted molar refractivity (Wildman–Crippen MR) is 66.5 cm³/mol. The Balaban J connectivity index is 2.63. The van der Waals surface area contributed by atoms with Crippen LogP contribution in [-0.2, 0) is 6.18 Å². The summed E-state index contributed by atoms with van der Waals surface area (Å²) in [5.41, 5.74) is -0.207. The highest BCUT2D eigenvalue weighted by molar-refractivity contribution is 7.17. The van der Waals surface area contributed by atoms with Crippen molar-refractivity contribution in [3.05, 3.63) is 46.3 Å². The van der Waals surface area contributed by atoms with Crippen LogP contribution in [0.1, 0.15) is 20.8 Å². The molecule has 0 saturated carbocycles. The lowest BCUT2D eigenvalue weighted by Gasteiger charge is -2.11. The lowest BCUT2D eigenvalue weighted by Crippen LogP contribution is -2.06. The minimum Gasteiger partial charge on any atom is -0.477 e. The van der Waals surface area contributed by atoms with Crippen LogP contribution < -0.4 is 0 Å². The van der Waals surface area contributed by atoms with Crippen molar-refractivity contribution in [3.63, 3.8) is 0 Å². The molecule has 2 aromatic rings. The summed E-state index contributed by atoms with van der Waals surface area (Å²) in [7, 11) is 0. The van der Waals surface area contributed by atoms with E-state index in [0.717, 1.165) is 17.4 Å². The quantitative estimate of drug-likeness (QED) is 0.886. The molecule has 0 spiro atoms. The average molecular weight is 286 g/mol. The van der Waals surface area contributed by atoms with Crippen LogP contribution >= 0.6 is 11.3 Å². The fourth-order valence-electron chi connectivity index (χ4n) is 1.78. The number of aromatic carboxylic acids is 1. The first-order chi connectivity index (χ1) is 8.80. The summed E-state index contributed by atoms with van der Waals surface area (Å²) in [4.78, 5) is 11.2. The molecule has 19 heavy (non-hydrogen) atoms. The number of carboxylic acids is 1. The monoisotopic (exact) mass is 286 g/mol. The second kappa shape index (κ2) is 4.70. The fourth-order valence-corrected chi connectivity index (χ4v) is 2.83. The summed E-state index contributed by atoms with van der Waals surface area (Å²) in [6.07, 6.45) is -4.46. The number of rotatable bonds is 2. The van der Waals surface area contributed by atoms with E-state index < -0.39 is 17.7 Å². The van der Waals surface area contributed by atoms with E-state index in [9.17, 15) is 18.0 Å². The van der Waals surface area contributed by atoms with Gasteiger partial charge in [-0.15, -0.1) is 11.3 Å². The smallest absolute Gasteiger partial charge is 0.417 e. The molecule has 0 aliphatic heterocycles. The zero-order valence-corrected chi connectivity index (χ0v) is 10.6. The van der Waals surface area contributed by atoms with Crippen molar-refractivity contribution in [2.45, 2.75) is 13.1 Å². The maximum absolute atomic E-state index is 12.9. The number of hydrogen-bond donors (Lipinski definition) is 1. The van der Waals surface area contributed by atoms with Gasteiger partial charge in [-0.2, -0.15) is 13.2 Å². The molecule has 0 atom stereocenters. The summed E-state index contributed by atoms with van der Waals surface area (Å²) >= 11 is 0.851. The number of carboxylic acid groups (broad SMARTS) is 1. The predicted octanol–water partition coefficient (Wildman–Crippen LogP) is 4.44. The molecule has 0 fully saturated rings. The van der Waals surface area contributed by atoms with Crippen LogP contribution in [0.2, 0.25) is 0 Å². The number of aryl methyl sites for hydroxylation is 1. The van der Waals surface area contributed by atoms with E-state index in [-0.39, 0.29) is 10.4 Å². The van der Waals surface area contributed by atoms with Gasteiger partial charge in [0, 0.05) is 10.4 Å². The molecule has 0 aliphatic rings. The Hall–Kier alpha value is -1.82. The largest absolute Gasteiger partial charge is 0.477 e. The Morgan fingerprint density at radius 1 is 1.26 bits per heavy atom. The third-order valence-electron chi connectivity index (χ3n) is 2.61. The van der Waals surface area contributed by atoms with Gasteiger partial charge in [-0.1, -0.05) is 18.2 Å². The van der Waals surface area contributed by atoms with Gasteiger partial charge in [0.15, 0.2) is 0 Å². The lowest BCUT2D eigenvalue weighted by atomic mass is 10.0. The molecule has 100 valence electrons. The van der Waals surface area contributed by atoms with Gasteiger partial charge in [-0.05, 0) is 24.6 Å². The van der Waals surface area contributed by atoms with Gasteiger partial charge < -0.3 is 5.11 Å². The van der Waals surface area contributed by atoms with Crippen LogP contribution in [0.15, 0.2) is 30.3 Å². The Morgan fingerprint density at radius 2 is 1.89 bits per heavy atom. The van der Waals surface area contributed by atoms with Crippen molar-refractivity contribution in [1.29, 1.82) is 0 Å². The fraction of sp³-hybridized carbons (Fsp3) is 0.154. The molecule has 1 aromatic heterocycles. The van der Waals surface area contributed by atoms with Crippen LogP contribution in [0.5, 0.6) is 0 Å². The third kappa shape index (κ3) is 2.63. The van der Waals surface area contributed by atoms with E-state index in [4.69, 9.17) is 5.11 Å². The molecule has 1 heterocycles. The van der Waals surface area contributed by atoms with Gasteiger partial charge >= 0.3 is 12.1 Å². The van der Waals surface area contributed by atoms with Crippen molar-refractivity contribution < 1.29 is 23.1 Å². The van der Waals surface area contributed by atoms with Gasteiger partial charge in [0.2, 0.25) is 0 Å². The Kier molecular flexibility index (Phi) is 3.36. The molecular weight excluding hydrogens is 277 g/mol. The van der Waals surface area contributed by atoms with E-state index >= 15 is 0 Å². The molecule has 0 aliphatic carbocycles. The van der Waals surface area contributed by atoms with E-state index in [1.807, 2.05) is 0 Å². The summed E-state index contributed by atoms with van der Waals surface area (Å²) in [5, 5.41) is 8.89. The second-order valence-electron chi connectivity index (χ2n) is 3.97. The van der Waals surface area contributed by atoms with E-state index in [0.29, 0.717) is 10.4 Å². The molecule has 6 heteroatoms. The highest BCUT2D eigenvalue weighted by Crippen LogP contribution is 2.41. The highest BCUT2D eigenvalue weighted by atomic mass is 32.1. The molecule has 0 amide bonds. The van der Waals surface area contributed by atoms with Gasteiger partial charge in [0.05, 0.1) is 5.56 Å². The third-order valence-corrected chi connectivity index (χ3v) is 3.86. The Labute approximate surface area is 111 Å². The molecular formula is C13H9F3O2S. The maximum Gasteiger partial charge on any atom is 0.417 e. The van der Waals surface area contributed by atoms with Gasteiger partial charge in [-0.25, -0.2) is 4.79 Å². The molecule has 0 unspecified atom stereocenters. The molecule has 0 saturated heterocycles. The van der Waals surface area contributed by atoms with Gasteiger partial charge in [0.1, 0.15) is 4.88 Å². The van der Waals surface area contributed by atoms with Crippen molar-refractivity contribution >= 4 is 17.3 Å². The first-order valence-corrected chi connectivity index (χ1v) is 6.12. The number of carbonyl (C=O) groups is 1. The normalized spacial score (nSPS) is 11.6.